The van der Waals surface area contributed by atoms with E-state index in [9.17, 15) is 49.2 Å². The Morgan fingerprint density at radius 3 is 1.75 bits per heavy atom. The van der Waals surface area contributed by atoms with Gasteiger partial charge in [0.25, 0.3) is 0 Å². The fraction of sp³-hybridized carbons (Fsp3) is 0.860. The number of hydrogen-bond donors (Lipinski definition) is 8. The van der Waals surface area contributed by atoms with Gasteiger partial charge in [-0.2, -0.15) is 0 Å². The van der Waals surface area contributed by atoms with Crippen LogP contribution in [0.1, 0.15) is 163 Å². The summed E-state index contributed by atoms with van der Waals surface area (Å²) in [5.41, 5.74) is 17.4. The van der Waals surface area contributed by atoms with Crippen LogP contribution in [0.4, 0.5) is 0 Å². The number of imide groups is 1. The molecule has 18 nitrogen and oxygen atoms in total. The lowest BCUT2D eigenvalue weighted by molar-refractivity contribution is -0.268. The van der Waals surface area contributed by atoms with E-state index in [1.54, 1.807) is 0 Å². The summed E-state index contributed by atoms with van der Waals surface area (Å²) in [6.07, 6.45) is 9.96. The summed E-state index contributed by atoms with van der Waals surface area (Å²) in [5.74, 6) is -5.20. The minimum atomic E-state index is -1.68. The highest BCUT2D eigenvalue weighted by molar-refractivity contribution is 5.99. The summed E-state index contributed by atoms with van der Waals surface area (Å²) >= 11 is 0. The van der Waals surface area contributed by atoms with Crippen LogP contribution in [0.25, 0.3) is 0 Å². The molecule has 1 aliphatic rings. The summed E-state index contributed by atoms with van der Waals surface area (Å²) in [4.78, 5) is 80.2. The monoisotopic (exact) mass is 873 g/mol. The highest BCUT2D eigenvalue weighted by Crippen LogP contribution is 2.25. The van der Waals surface area contributed by atoms with Crippen molar-refractivity contribution in [2.75, 3.05) is 19.7 Å². The summed E-state index contributed by atoms with van der Waals surface area (Å²) in [5, 5.41) is 43.8. The van der Waals surface area contributed by atoms with Gasteiger partial charge in [0.2, 0.25) is 29.5 Å². The van der Waals surface area contributed by atoms with Crippen molar-refractivity contribution in [2.45, 2.75) is 217 Å². The molecule has 61 heavy (non-hydrogen) atoms. The van der Waals surface area contributed by atoms with Crippen molar-refractivity contribution >= 4 is 35.5 Å². The summed E-state index contributed by atoms with van der Waals surface area (Å²) in [6, 6.07) is -5.38. The average molecular weight is 873 g/mol. The number of carbonyl (C=O) groups excluding carboxylic acids is 5. The molecule has 0 bridgehead atoms. The second kappa shape index (κ2) is 31.6. The number of ether oxygens (including phenoxy) is 2. The zero-order chi connectivity index (χ0) is 45.9. The van der Waals surface area contributed by atoms with Crippen molar-refractivity contribution in [3.8, 4) is 0 Å². The third-order valence-corrected chi connectivity index (χ3v) is 11.2. The fourth-order valence-electron chi connectivity index (χ4n) is 7.79. The molecule has 5 amide bonds. The second-order valence-electron chi connectivity index (χ2n) is 16.6. The maximum absolute atomic E-state index is 13.9. The normalized spacial score (nSPS) is 20.9. The number of aliphatic hydroxyl groups is 3. The number of nitrogens with zero attached hydrogens (tertiary/aromatic N) is 2. The fourth-order valence-corrected chi connectivity index (χ4v) is 7.79. The first kappa shape index (κ1) is 55.8. The molecule has 9 atom stereocenters. The first-order valence-electron chi connectivity index (χ1n) is 22.7. The Kier molecular flexibility index (Phi) is 28.8. The predicted molar refractivity (Wildman–Crippen MR) is 229 cm³/mol. The molecule has 0 aromatic carbocycles. The highest BCUT2D eigenvalue weighted by Gasteiger charge is 2.47. The van der Waals surface area contributed by atoms with Gasteiger partial charge in [0.05, 0.1) is 18.8 Å². The highest BCUT2D eigenvalue weighted by atomic mass is 16.6. The largest absolute Gasteiger partial charge is 0.480 e. The van der Waals surface area contributed by atoms with Crippen LogP contribution in [-0.4, -0.2) is 140 Å². The smallest absolute Gasteiger partial charge is 0.326 e. The summed E-state index contributed by atoms with van der Waals surface area (Å²) in [6.45, 7) is 5.48. The Morgan fingerprint density at radius 2 is 1.30 bits per heavy atom. The Bertz CT molecular complexity index is 1310. The van der Waals surface area contributed by atoms with Crippen molar-refractivity contribution in [2.24, 2.45) is 17.2 Å². The molecule has 354 valence electrons. The van der Waals surface area contributed by atoms with Crippen molar-refractivity contribution < 1.29 is 58.7 Å². The number of carboxylic acids is 1. The second-order valence-corrected chi connectivity index (χ2v) is 16.6. The molecule has 0 aromatic heterocycles. The predicted octanol–water partition coefficient (Wildman–Crippen LogP) is 2.34. The Hall–Kier alpha value is -3.26. The topological polar surface area (TPSA) is 298 Å². The maximum Gasteiger partial charge on any atom is 0.326 e. The van der Waals surface area contributed by atoms with Gasteiger partial charge in [-0.1, -0.05) is 96.8 Å². The molecular formula is C43H80N6O12. The number of carboxylic acid groups (broad SMARTS) is 1. The molecule has 0 spiro atoms. The van der Waals surface area contributed by atoms with Crippen molar-refractivity contribution in [1.29, 1.82) is 0 Å². The number of nitrogens with two attached hydrogens (primary N) is 3. The van der Waals surface area contributed by atoms with Gasteiger partial charge in [0.1, 0.15) is 36.4 Å². The molecule has 0 radical (unpaired) electrons. The molecule has 11 N–H and O–H groups in total. The van der Waals surface area contributed by atoms with Crippen molar-refractivity contribution in [3.05, 3.63) is 0 Å². The molecule has 1 aliphatic heterocycles. The van der Waals surface area contributed by atoms with E-state index in [0.717, 1.165) is 35.5 Å². The van der Waals surface area contributed by atoms with Crippen molar-refractivity contribution in [1.82, 2.24) is 15.1 Å². The van der Waals surface area contributed by atoms with Gasteiger partial charge in [-0.05, 0) is 52.5 Å². The van der Waals surface area contributed by atoms with Gasteiger partial charge in [0.15, 0.2) is 6.29 Å². The Labute approximate surface area is 363 Å². The zero-order valence-electron chi connectivity index (χ0n) is 37.3. The lowest BCUT2D eigenvalue weighted by Gasteiger charge is -2.44. The van der Waals surface area contributed by atoms with E-state index in [1.807, 2.05) is 0 Å². The Balaban J connectivity index is 3.04. The van der Waals surface area contributed by atoms with Gasteiger partial charge in [-0.3, -0.25) is 28.9 Å². The van der Waals surface area contributed by atoms with Gasteiger partial charge in [0, 0.05) is 26.3 Å². The van der Waals surface area contributed by atoms with E-state index in [1.165, 1.54) is 85.0 Å². The lowest BCUT2D eigenvalue weighted by atomic mass is 9.96. The van der Waals surface area contributed by atoms with Crippen LogP contribution in [0.2, 0.25) is 0 Å². The van der Waals surface area contributed by atoms with E-state index >= 15 is 0 Å². The van der Waals surface area contributed by atoms with Crippen LogP contribution in [-0.2, 0) is 38.2 Å². The van der Waals surface area contributed by atoms with Gasteiger partial charge in [-0.15, -0.1) is 0 Å². The number of primary amides is 1. The van der Waals surface area contributed by atoms with Crippen LogP contribution >= 0.6 is 0 Å². The number of nitrogens with one attached hydrogen (secondary N) is 1. The molecule has 0 saturated carbocycles. The van der Waals surface area contributed by atoms with Crippen LogP contribution in [0.15, 0.2) is 0 Å². The zero-order valence-corrected chi connectivity index (χ0v) is 37.3. The van der Waals surface area contributed by atoms with E-state index in [2.05, 4.69) is 12.2 Å². The maximum atomic E-state index is 13.9. The summed E-state index contributed by atoms with van der Waals surface area (Å²) in [7, 11) is 0. The van der Waals surface area contributed by atoms with Crippen LogP contribution in [0.3, 0.4) is 0 Å². The third kappa shape index (κ3) is 21.1. The number of unbranched alkanes of at least 4 members (excludes halogenated alkanes) is 15. The lowest BCUT2D eigenvalue weighted by Crippen LogP contribution is -2.65. The van der Waals surface area contributed by atoms with E-state index in [-0.39, 0.29) is 19.4 Å². The molecule has 1 saturated heterocycles. The molecule has 0 aliphatic carbocycles. The van der Waals surface area contributed by atoms with Gasteiger partial charge >= 0.3 is 5.97 Å². The number of aliphatic carboxylic acids is 1. The van der Waals surface area contributed by atoms with Crippen LogP contribution < -0.4 is 22.5 Å². The van der Waals surface area contributed by atoms with E-state index < -0.39 is 110 Å². The first-order valence-corrected chi connectivity index (χ1v) is 22.7. The minimum Gasteiger partial charge on any atom is -0.480 e. The summed E-state index contributed by atoms with van der Waals surface area (Å²) < 4.78 is 11.2. The number of rotatable bonds is 34. The SMILES string of the molecule is CCCCCCCCCCCCCCCCCC(=O)N(C(=O)CC[C@H](C(N)=O)N(CC(C)O[C@H]1[C@H](O)[C@@H](CO)O[C@H](O)[C@@H]1NC(C)=O)C(=O)[C@H](C)N)[C@@H](CCCCN)C(=O)O. The van der Waals surface area contributed by atoms with Crippen LogP contribution in [0, 0.1) is 0 Å². The first-order chi connectivity index (χ1) is 29.0. The molecule has 1 heterocycles. The van der Waals surface area contributed by atoms with Gasteiger partial charge < -0.3 is 57.3 Å². The number of hydrogen-bond acceptors (Lipinski definition) is 13. The molecule has 1 unspecified atom stereocenters. The van der Waals surface area contributed by atoms with E-state index in [4.69, 9.17) is 26.7 Å². The van der Waals surface area contributed by atoms with Crippen molar-refractivity contribution in [3.63, 3.8) is 0 Å². The molecule has 0 aromatic rings. The van der Waals surface area contributed by atoms with Crippen LogP contribution in [0.5, 0.6) is 0 Å². The number of aliphatic hydroxyl groups excluding tert-OH is 3. The standard InChI is InChI=1S/C43H80N6O12/c1-5-6-7-8-9-10-11-12-13-14-15-16-17-18-19-23-35(52)49(33(42(57)58)22-20-21-26-44)36(53)25-24-32(40(46)55)48(41(56)30(3)45)27-29(2)60-39-37(47-31(4)51)43(59)61-34(28-50)38(39)54/h29-30,32-34,37-39,43,50,54,59H,5-28,44-45H2,1-4H3,(H2,46,55)(H,47,51)(H,57,58)/t29?,30-,32+,33-,34+,37+,38+,39+,43-/m0/s1. The quantitative estimate of drug-likeness (QED) is 0.0431. The number of carbonyl (C=O) groups is 6. The Morgan fingerprint density at radius 1 is 0.770 bits per heavy atom. The molecule has 18 heteroatoms. The average Bonchev–Trinajstić information content (AvgIpc) is 3.20. The number of amides is 5. The molecule has 1 fully saturated rings. The van der Waals surface area contributed by atoms with Gasteiger partial charge in [-0.25, -0.2) is 4.79 Å². The molecular weight excluding hydrogens is 793 g/mol. The third-order valence-electron chi connectivity index (χ3n) is 11.2. The van der Waals surface area contributed by atoms with E-state index in [0.29, 0.717) is 25.8 Å². The minimum absolute atomic E-state index is 0.0182. The molecule has 1 rings (SSSR count).